The van der Waals surface area contributed by atoms with E-state index in [1.54, 1.807) is 0 Å². The van der Waals surface area contributed by atoms with Crippen LogP contribution in [0.4, 0.5) is 0 Å². The summed E-state index contributed by atoms with van der Waals surface area (Å²) in [5.41, 5.74) is 2.26. The van der Waals surface area contributed by atoms with Crippen LogP contribution < -0.4 is 5.30 Å². The number of hydrogen-bond acceptors (Lipinski definition) is 1. The number of hydrogen-bond donors (Lipinski definition) is 0. The van der Waals surface area contributed by atoms with Crippen LogP contribution in [-0.2, 0) is 4.57 Å². The molecule has 2 unspecified atom stereocenters. The Morgan fingerprint density at radius 3 is 2.00 bits per heavy atom. The topological polar surface area (TPSA) is 17.1 Å². The first kappa shape index (κ1) is 11.5. The Kier molecular flexibility index (Phi) is 2.91. The highest BCUT2D eigenvalue weighted by atomic mass is 31.2. The van der Waals surface area contributed by atoms with E-state index < -0.39 is 7.14 Å². The van der Waals surface area contributed by atoms with Gasteiger partial charge in [-0.05, 0) is 32.6 Å². The average Bonchev–Trinajstić information content (AvgIpc) is 2.50. The molecule has 2 saturated heterocycles. The molecule has 2 fully saturated rings. The molecule has 0 radical (unpaired) electrons. The van der Waals surface area contributed by atoms with Crippen LogP contribution in [0.2, 0.25) is 0 Å². The van der Waals surface area contributed by atoms with E-state index in [2.05, 4.69) is 31.2 Å². The number of benzene rings is 1. The average molecular weight is 248 g/mol. The molecule has 2 heteroatoms. The zero-order chi connectivity index (χ0) is 11.9. The maximum absolute atomic E-state index is 13.5. The van der Waals surface area contributed by atoms with Crippen molar-refractivity contribution < 1.29 is 4.57 Å². The molecule has 2 aliphatic rings. The molecule has 2 bridgehead atoms. The fraction of sp³-hybridized carbons (Fsp3) is 0.600. The van der Waals surface area contributed by atoms with Crippen molar-refractivity contribution in [2.45, 2.75) is 56.8 Å². The summed E-state index contributed by atoms with van der Waals surface area (Å²) in [4.78, 5) is 0. The third-order valence-corrected chi connectivity index (χ3v) is 8.99. The van der Waals surface area contributed by atoms with Gasteiger partial charge in [0.25, 0.3) is 0 Å². The maximum Gasteiger partial charge on any atom is 0.121 e. The van der Waals surface area contributed by atoms with Crippen molar-refractivity contribution >= 4 is 12.4 Å². The molecular weight excluding hydrogens is 227 g/mol. The lowest BCUT2D eigenvalue weighted by Gasteiger charge is -2.24. The van der Waals surface area contributed by atoms with Gasteiger partial charge in [0, 0.05) is 16.6 Å². The lowest BCUT2D eigenvalue weighted by atomic mass is 10.0. The number of aryl methyl sites for hydroxylation is 1. The predicted octanol–water partition coefficient (Wildman–Crippen LogP) is 4.09. The van der Waals surface area contributed by atoms with E-state index in [1.165, 1.54) is 44.1 Å². The minimum Gasteiger partial charge on any atom is -0.318 e. The second-order valence-electron chi connectivity index (χ2n) is 5.71. The van der Waals surface area contributed by atoms with Gasteiger partial charge in [-0.15, -0.1) is 0 Å². The fourth-order valence-electron chi connectivity index (χ4n) is 3.70. The summed E-state index contributed by atoms with van der Waals surface area (Å²) in [5, 5.41) is 1.16. The molecule has 0 amide bonds. The molecule has 17 heavy (non-hydrogen) atoms. The highest BCUT2D eigenvalue weighted by Crippen LogP contribution is 2.65. The van der Waals surface area contributed by atoms with Crippen LogP contribution in [0.25, 0.3) is 0 Å². The molecule has 1 aromatic carbocycles. The van der Waals surface area contributed by atoms with Crippen LogP contribution >= 0.6 is 7.14 Å². The van der Waals surface area contributed by atoms with Crippen LogP contribution in [-0.4, -0.2) is 11.3 Å². The van der Waals surface area contributed by atoms with Crippen molar-refractivity contribution in [1.82, 2.24) is 0 Å². The van der Waals surface area contributed by atoms with Gasteiger partial charge in [-0.25, -0.2) is 0 Å². The van der Waals surface area contributed by atoms with Crippen molar-refractivity contribution in [2.24, 2.45) is 0 Å². The van der Waals surface area contributed by atoms with Crippen LogP contribution in [0, 0.1) is 6.92 Å². The van der Waals surface area contributed by atoms with E-state index in [1.807, 2.05) is 0 Å². The van der Waals surface area contributed by atoms with E-state index in [-0.39, 0.29) is 0 Å². The molecule has 0 saturated carbocycles. The van der Waals surface area contributed by atoms with E-state index in [4.69, 9.17) is 0 Å². The third kappa shape index (κ3) is 1.80. The standard InChI is InChI=1S/C15H21OP/c1-12-6-8-15(9-7-12)17(16)13-4-2-3-5-14(17)11-10-13/h6-9,13-14H,2-5,10-11H2,1H3. The molecule has 2 heterocycles. The van der Waals surface area contributed by atoms with Gasteiger partial charge in [0.15, 0.2) is 0 Å². The fourth-order valence-corrected chi connectivity index (χ4v) is 7.95. The summed E-state index contributed by atoms with van der Waals surface area (Å²) in [6.45, 7) is 2.10. The molecule has 0 N–H and O–H groups in total. The summed E-state index contributed by atoms with van der Waals surface area (Å²) in [7, 11) is -2.10. The minimum atomic E-state index is -2.10. The number of fused-ring (bicyclic) bond motifs is 2. The van der Waals surface area contributed by atoms with Crippen molar-refractivity contribution in [1.29, 1.82) is 0 Å². The molecule has 3 rings (SSSR count). The van der Waals surface area contributed by atoms with Gasteiger partial charge >= 0.3 is 0 Å². The first-order valence-electron chi connectivity index (χ1n) is 6.88. The highest BCUT2D eigenvalue weighted by Gasteiger charge is 2.47. The minimum absolute atomic E-state index is 0.498. The molecule has 2 aliphatic heterocycles. The Hall–Kier alpha value is -0.550. The molecule has 0 spiro atoms. The molecular formula is C15H21OP. The van der Waals surface area contributed by atoms with Crippen LogP contribution in [0.15, 0.2) is 24.3 Å². The summed E-state index contributed by atoms with van der Waals surface area (Å²) in [6, 6.07) is 8.51. The van der Waals surface area contributed by atoms with Crippen molar-refractivity contribution in [2.75, 3.05) is 0 Å². The second kappa shape index (κ2) is 4.28. The Balaban J connectivity index is 2.04. The summed E-state index contributed by atoms with van der Waals surface area (Å²) in [5.74, 6) is 0. The Morgan fingerprint density at radius 2 is 1.47 bits per heavy atom. The van der Waals surface area contributed by atoms with Crippen molar-refractivity contribution in [3.8, 4) is 0 Å². The predicted molar refractivity (Wildman–Crippen MR) is 73.7 cm³/mol. The van der Waals surface area contributed by atoms with Crippen molar-refractivity contribution in [3.05, 3.63) is 29.8 Å². The summed E-state index contributed by atoms with van der Waals surface area (Å²) >= 11 is 0. The van der Waals surface area contributed by atoms with Gasteiger partial charge in [0.1, 0.15) is 7.14 Å². The first-order valence-corrected chi connectivity index (χ1v) is 8.72. The van der Waals surface area contributed by atoms with E-state index in [9.17, 15) is 4.57 Å². The van der Waals surface area contributed by atoms with E-state index in [0.717, 1.165) is 5.30 Å². The van der Waals surface area contributed by atoms with Crippen LogP contribution in [0.5, 0.6) is 0 Å². The lowest BCUT2D eigenvalue weighted by molar-refractivity contribution is 0.556. The Bertz CT molecular complexity index is 430. The monoisotopic (exact) mass is 248 g/mol. The van der Waals surface area contributed by atoms with Gasteiger partial charge in [0.2, 0.25) is 0 Å². The van der Waals surface area contributed by atoms with Gasteiger partial charge in [-0.3, -0.25) is 0 Å². The maximum atomic E-state index is 13.5. The molecule has 92 valence electrons. The third-order valence-electron chi connectivity index (χ3n) is 4.68. The Labute approximate surface area is 104 Å². The van der Waals surface area contributed by atoms with Crippen LogP contribution in [0.3, 0.4) is 0 Å². The zero-order valence-corrected chi connectivity index (χ0v) is 11.5. The van der Waals surface area contributed by atoms with Gasteiger partial charge < -0.3 is 4.57 Å². The molecule has 1 nitrogen and oxygen atoms in total. The van der Waals surface area contributed by atoms with Gasteiger partial charge in [0.05, 0.1) is 0 Å². The summed E-state index contributed by atoms with van der Waals surface area (Å²) < 4.78 is 13.5. The van der Waals surface area contributed by atoms with E-state index in [0.29, 0.717) is 11.3 Å². The molecule has 2 atom stereocenters. The normalized spacial score (nSPS) is 36.8. The lowest BCUT2D eigenvalue weighted by Crippen LogP contribution is -2.17. The van der Waals surface area contributed by atoms with Crippen molar-refractivity contribution in [3.63, 3.8) is 0 Å². The smallest absolute Gasteiger partial charge is 0.121 e. The molecule has 0 aromatic heterocycles. The van der Waals surface area contributed by atoms with Crippen LogP contribution in [0.1, 0.15) is 44.1 Å². The quantitative estimate of drug-likeness (QED) is 0.684. The van der Waals surface area contributed by atoms with Gasteiger partial charge in [-0.2, -0.15) is 0 Å². The van der Waals surface area contributed by atoms with Gasteiger partial charge in [-0.1, -0.05) is 42.7 Å². The molecule has 1 aromatic rings. The number of rotatable bonds is 1. The first-order chi connectivity index (χ1) is 8.21. The largest absolute Gasteiger partial charge is 0.318 e. The zero-order valence-electron chi connectivity index (χ0n) is 10.6. The highest BCUT2D eigenvalue weighted by molar-refractivity contribution is 7.73. The second-order valence-corrected chi connectivity index (χ2v) is 9.11. The summed E-state index contributed by atoms with van der Waals surface area (Å²) in [6.07, 6.45) is 7.38. The SMILES string of the molecule is Cc1ccc(P2(=O)C3CCCCC2CC3)cc1. The van der Waals surface area contributed by atoms with E-state index >= 15 is 0 Å². The molecule has 0 aliphatic carbocycles. The Morgan fingerprint density at radius 1 is 0.941 bits per heavy atom.